The quantitative estimate of drug-likeness (QED) is 0.717. The lowest BCUT2D eigenvalue weighted by Crippen LogP contribution is -2.44. The van der Waals surface area contributed by atoms with Crippen molar-refractivity contribution < 1.29 is 14.4 Å². The van der Waals surface area contributed by atoms with Gasteiger partial charge in [-0.2, -0.15) is 0 Å². The molecular weight excluding hydrogens is 329 g/mol. The normalized spacial score (nSPS) is 22.0. The third kappa shape index (κ3) is 3.30. The van der Waals surface area contributed by atoms with Crippen molar-refractivity contribution in [3.05, 3.63) is 34.6 Å². The first-order valence-electron chi connectivity index (χ1n) is 8.22. The van der Waals surface area contributed by atoms with Crippen molar-refractivity contribution in [1.29, 1.82) is 0 Å². The van der Waals surface area contributed by atoms with E-state index in [1.165, 1.54) is 0 Å². The van der Waals surface area contributed by atoms with Gasteiger partial charge in [0.15, 0.2) is 0 Å². The van der Waals surface area contributed by atoms with Gasteiger partial charge in [-0.15, -0.1) is 0 Å². The van der Waals surface area contributed by atoms with E-state index in [1.807, 2.05) is 6.07 Å². The zero-order chi connectivity index (χ0) is 17.3. The molecule has 0 radical (unpaired) electrons. The zero-order valence-corrected chi connectivity index (χ0v) is 14.4. The molecule has 1 aromatic heterocycles. The van der Waals surface area contributed by atoms with Crippen LogP contribution in [0.25, 0.3) is 11.0 Å². The topological polar surface area (TPSA) is 104 Å². The molecular formula is C16H22N3O4P. The predicted molar refractivity (Wildman–Crippen MR) is 92.7 cm³/mol. The average molecular weight is 351 g/mol. The van der Waals surface area contributed by atoms with E-state index in [0.29, 0.717) is 17.1 Å². The first-order valence-corrected chi connectivity index (χ1v) is 9.83. The second-order valence-electron chi connectivity index (χ2n) is 6.26. The number of rotatable bonds is 4. The van der Waals surface area contributed by atoms with E-state index in [-0.39, 0.29) is 6.04 Å². The van der Waals surface area contributed by atoms with Crippen LogP contribution in [0.15, 0.2) is 29.1 Å². The summed E-state index contributed by atoms with van der Waals surface area (Å²) >= 11 is 0. The molecule has 3 N–H and O–H groups in total. The van der Waals surface area contributed by atoms with Gasteiger partial charge in [0, 0.05) is 12.1 Å². The molecule has 1 aliphatic heterocycles. The van der Waals surface area contributed by atoms with E-state index in [1.54, 1.807) is 22.8 Å². The molecule has 2 heterocycles. The van der Waals surface area contributed by atoms with Crippen molar-refractivity contribution in [2.45, 2.75) is 44.7 Å². The number of nitrogens with one attached hydrogen (secondary N) is 1. The van der Waals surface area contributed by atoms with Crippen LogP contribution in [-0.4, -0.2) is 31.9 Å². The third-order valence-corrected chi connectivity index (χ3v) is 5.37. The second kappa shape index (κ2) is 6.76. The van der Waals surface area contributed by atoms with Gasteiger partial charge in [0.05, 0.1) is 11.0 Å². The number of para-hydroxylation sites is 2. The molecule has 1 saturated heterocycles. The molecule has 7 nitrogen and oxygen atoms in total. The minimum absolute atomic E-state index is 0.0894. The maximum Gasteiger partial charge on any atom is 0.380 e. The highest BCUT2D eigenvalue weighted by Gasteiger charge is 2.30. The standard InChI is InChI=1S/C16H22N3O4P/c1-2-5-11-10-12(8-9-17-11)19-14-7-4-3-6-13(14)18-15(16(19)20)24(21,22)23/h3-4,6-7,11-12,17H,2,5,8-10H2,1H3,(H2,21,22,23)/t11-,12-/m1/s1. The molecule has 2 aromatic rings. The summed E-state index contributed by atoms with van der Waals surface area (Å²) in [5.41, 5.74) is -0.279. The van der Waals surface area contributed by atoms with Gasteiger partial charge >= 0.3 is 7.60 Å². The summed E-state index contributed by atoms with van der Waals surface area (Å²) < 4.78 is 13.2. The highest BCUT2D eigenvalue weighted by molar-refractivity contribution is 7.59. The molecule has 0 spiro atoms. The molecule has 1 aliphatic rings. The number of piperidine rings is 1. The van der Waals surface area contributed by atoms with Crippen LogP contribution >= 0.6 is 7.60 Å². The first-order chi connectivity index (χ1) is 11.4. The maximum absolute atomic E-state index is 12.8. The van der Waals surface area contributed by atoms with Gasteiger partial charge in [-0.05, 0) is 37.9 Å². The van der Waals surface area contributed by atoms with Gasteiger partial charge in [-0.25, -0.2) is 4.98 Å². The lowest BCUT2D eigenvalue weighted by Gasteiger charge is -2.32. The number of hydrogen-bond donors (Lipinski definition) is 3. The number of nitrogens with zero attached hydrogens (tertiary/aromatic N) is 2. The summed E-state index contributed by atoms with van der Waals surface area (Å²) in [5.74, 6) is 0. The van der Waals surface area contributed by atoms with Crippen molar-refractivity contribution in [2.75, 3.05) is 6.54 Å². The Morgan fingerprint density at radius 1 is 1.38 bits per heavy atom. The zero-order valence-electron chi connectivity index (χ0n) is 13.6. The fourth-order valence-electron chi connectivity index (χ4n) is 3.48. The van der Waals surface area contributed by atoms with Crippen molar-refractivity contribution >= 4 is 24.1 Å². The predicted octanol–water partition coefficient (Wildman–Crippen LogP) is 1.29. The van der Waals surface area contributed by atoms with Crippen LogP contribution in [0.1, 0.15) is 38.6 Å². The molecule has 0 aliphatic carbocycles. The van der Waals surface area contributed by atoms with E-state index in [0.717, 1.165) is 32.2 Å². The summed E-state index contributed by atoms with van der Waals surface area (Å²) in [4.78, 5) is 35.7. The lowest BCUT2D eigenvalue weighted by atomic mass is 9.95. The van der Waals surface area contributed by atoms with Crippen LogP contribution < -0.4 is 16.3 Å². The molecule has 2 atom stereocenters. The summed E-state index contributed by atoms with van der Waals surface area (Å²) in [5, 5.41) is 3.45. The summed E-state index contributed by atoms with van der Waals surface area (Å²) in [6, 6.07) is 7.23. The van der Waals surface area contributed by atoms with Gasteiger partial charge in [0.1, 0.15) is 0 Å². The molecule has 0 amide bonds. The molecule has 1 fully saturated rings. The molecule has 1 aromatic carbocycles. The number of benzene rings is 1. The van der Waals surface area contributed by atoms with Crippen LogP contribution in [0.3, 0.4) is 0 Å². The van der Waals surface area contributed by atoms with E-state index >= 15 is 0 Å². The van der Waals surface area contributed by atoms with Gasteiger partial charge in [-0.3, -0.25) is 9.36 Å². The first kappa shape index (κ1) is 17.3. The number of aromatic nitrogens is 2. The Kier molecular flexibility index (Phi) is 4.88. The molecule has 0 unspecified atom stereocenters. The van der Waals surface area contributed by atoms with Crippen molar-refractivity contribution in [2.24, 2.45) is 0 Å². The van der Waals surface area contributed by atoms with Crippen LogP contribution in [-0.2, 0) is 4.57 Å². The summed E-state index contributed by atoms with van der Waals surface area (Å²) in [6.45, 7) is 2.90. The molecule has 3 rings (SSSR count). The fraction of sp³-hybridized carbons (Fsp3) is 0.500. The molecule has 0 bridgehead atoms. The van der Waals surface area contributed by atoms with Crippen molar-refractivity contribution in [1.82, 2.24) is 14.9 Å². The smallest absolute Gasteiger partial charge is 0.320 e. The second-order valence-corrected chi connectivity index (χ2v) is 7.77. The third-order valence-electron chi connectivity index (χ3n) is 4.52. The Morgan fingerprint density at radius 2 is 2.12 bits per heavy atom. The maximum atomic E-state index is 12.8. The van der Waals surface area contributed by atoms with Gasteiger partial charge in [-0.1, -0.05) is 25.5 Å². The summed E-state index contributed by atoms with van der Waals surface area (Å²) in [7, 11) is -4.73. The Balaban J connectivity index is 2.17. The Hall–Kier alpha value is -1.53. The Morgan fingerprint density at radius 3 is 2.83 bits per heavy atom. The van der Waals surface area contributed by atoms with Gasteiger partial charge in [0.25, 0.3) is 5.56 Å². The average Bonchev–Trinajstić information content (AvgIpc) is 2.54. The van der Waals surface area contributed by atoms with Crippen LogP contribution in [0.5, 0.6) is 0 Å². The monoisotopic (exact) mass is 351 g/mol. The number of fused-ring (bicyclic) bond motifs is 1. The van der Waals surface area contributed by atoms with E-state index < -0.39 is 18.6 Å². The Labute approximate surface area is 139 Å². The highest BCUT2D eigenvalue weighted by atomic mass is 31.2. The van der Waals surface area contributed by atoms with E-state index in [9.17, 15) is 19.1 Å². The molecule has 0 saturated carbocycles. The van der Waals surface area contributed by atoms with E-state index in [4.69, 9.17) is 0 Å². The minimum Gasteiger partial charge on any atom is -0.320 e. The fourth-order valence-corrected chi connectivity index (χ4v) is 4.08. The largest absolute Gasteiger partial charge is 0.380 e. The van der Waals surface area contributed by atoms with Crippen LogP contribution in [0.2, 0.25) is 0 Å². The SMILES string of the molecule is CCC[C@@H]1C[C@H](n2c(=O)c(P(=O)(O)O)nc3ccccc32)CCN1. The van der Waals surface area contributed by atoms with E-state index in [2.05, 4.69) is 17.2 Å². The van der Waals surface area contributed by atoms with Crippen molar-refractivity contribution in [3.8, 4) is 0 Å². The molecule has 8 heteroatoms. The van der Waals surface area contributed by atoms with Crippen LogP contribution in [0.4, 0.5) is 0 Å². The highest BCUT2D eigenvalue weighted by Crippen LogP contribution is 2.32. The van der Waals surface area contributed by atoms with Gasteiger partial charge < -0.3 is 19.7 Å². The van der Waals surface area contributed by atoms with Gasteiger partial charge in [0.2, 0.25) is 5.44 Å². The lowest BCUT2D eigenvalue weighted by molar-refractivity contribution is 0.289. The molecule has 130 valence electrons. The summed E-state index contributed by atoms with van der Waals surface area (Å²) in [6.07, 6.45) is 3.57. The Bertz CT molecular complexity index is 843. The minimum atomic E-state index is -4.73. The van der Waals surface area contributed by atoms with Crippen molar-refractivity contribution in [3.63, 3.8) is 0 Å². The number of hydrogen-bond acceptors (Lipinski definition) is 4. The molecule has 24 heavy (non-hydrogen) atoms. The van der Waals surface area contributed by atoms with Crippen LogP contribution in [0, 0.1) is 0 Å².